The molecule has 0 bridgehead atoms. The highest BCUT2D eigenvalue weighted by atomic mass is 16.2. The average Bonchev–Trinajstić information content (AvgIpc) is 3.20. The van der Waals surface area contributed by atoms with Crippen LogP contribution < -0.4 is 5.32 Å². The van der Waals surface area contributed by atoms with Crippen LogP contribution in [0.15, 0.2) is 36.4 Å². The molecule has 33 heavy (non-hydrogen) atoms. The maximum Gasteiger partial charge on any atom is 0.274 e. The summed E-state index contributed by atoms with van der Waals surface area (Å²) >= 11 is 0. The van der Waals surface area contributed by atoms with Gasteiger partial charge < -0.3 is 15.1 Å². The van der Waals surface area contributed by atoms with Crippen molar-refractivity contribution in [2.75, 3.05) is 26.2 Å². The second kappa shape index (κ2) is 10.2. The third kappa shape index (κ3) is 5.43. The summed E-state index contributed by atoms with van der Waals surface area (Å²) in [7, 11) is 0. The predicted octanol–water partition coefficient (Wildman–Crippen LogP) is 2.55. The number of amides is 3. The standard InChI is InChI=1S/C25H33N5O3/c1-18(2)16-26-23(31)20-9-13-28(14-10-20)24(32)21-15-22-25(33)29(11-6-12-30(22)27-21)17-19-7-4-3-5-8-19/h3-5,7-8,15,18,20H,6,9-14,16-17H2,1-2H3,(H,26,31). The highest BCUT2D eigenvalue weighted by molar-refractivity contribution is 5.98. The number of carbonyl (C=O) groups is 3. The van der Waals surface area contributed by atoms with Crippen LogP contribution in [0.3, 0.4) is 0 Å². The zero-order valence-electron chi connectivity index (χ0n) is 19.5. The van der Waals surface area contributed by atoms with Crippen molar-refractivity contribution < 1.29 is 14.4 Å². The molecule has 8 heteroatoms. The predicted molar refractivity (Wildman–Crippen MR) is 125 cm³/mol. The van der Waals surface area contributed by atoms with E-state index in [2.05, 4.69) is 24.3 Å². The minimum Gasteiger partial charge on any atom is -0.356 e. The highest BCUT2D eigenvalue weighted by Crippen LogP contribution is 2.21. The van der Waals surface area contributed by atoms with Gasteiger partial charge in [-0.05, 0) is 30.7 Å². The molecule has 0 aliphatic carbocycles. The molecule has 4 rings (SSSR count). The molecule has 1 saturated heterocycles. The van der Waals surface area contributed by atoms with Gasteiger partial charge in [-0.15, -0.1) is 0 Å². The monoisotopic (exact) mass is 451 g/mol. The lowest BCUT2D eigenvalue weighted by Crippen LogP contribution is -2.43. The smallest absolute Gasteiger partial charge is 0.274 e. The van der Waals surface area contributed by atoms with Gasteiger partial charge in [-0.3, -0.25) is 19.1 Å². The van der Waals surface area contributed by atoms with E-state index in [1.807, 2.05) is 35.2 Å². The number of aromatic nitrogens is 2. The van der Waals surface area contributed by atoms with Crippen molar-refractivity contribution >= 4 is 17.7 Å². The zero-order chi connectivity index (χ0) is 23.4. The van der Waals surface area contributed by atoms with Gasteiger partial charge in [-0.1, -0.05) is 44.2 Å². The average molecular weight is 452 g/mol. The summed E-state index contributed by atoms with van der Waals surface area (Å²) in [4.78, 5) is 42.2. The van der Waals surface area contributed by atoms with E-state index in [1.54, 1.807) is 15.6 Å². The maximum absolute atomic E-state index is 13.2. The molecular weight excluding hydrogens is 418 g/mol. The Labute approximate surface area is 194 Å². The first kappa shape index (κ1) is 23.0. The molecule has 1 fully saturated rings. The number of aryl methyl sites for hydroxylation is 1. The van der Waals surface area contributed by atoms with E-state index in [0.29, 0.717) is 69.4 Å². The van der Waals surface area contributed by atoms with Crippen molar-refractivity contribution in [3.8, 4) is 0 Å². The number of carbonyl (C=O) groups excluding carboxylic acids is 3. The van der Waals surface area contributed by atoms with Crippen molar-refractivity contribution in [2.24, 2.45) is 11.8 Å². The second-order valence-electron chi connectivity index (χ2n) is 9.41. The van der Waals surface area contributed by atoms with E-state index >= 15 is 0 Å². The summed E-state index contributed by atoms with van der Waals surface area (Å²) in [6, 6.07) is 11.6. The second-order valence-corrected chi connectivity index (χ2v) is 9.41. The van der Waals surface area contributed by atoms with Gasteiger partial charge in [0.15, 0.2) is 5.69 Å². The van der Waals surface area contributed by atoms with Gasteiger partial charge in [0.25, 0.3) is 11.8 Å². The number of piperidine rings is 1. The number of nitrogens with one attached hydrogen (secondary N) is 1. The Morgan fingerprint density at radius 1 is 1.09 bits per heavy atom. The molecule has 3 amide bonds. The summed E-state index contributed by atoms with van der Waals surface area (Å²) in [6.07, 6.45) is 2.08. The number of hydrogen-bond donors (Lipinski definition) is 1. The third-order valence-corrected chi connectivity index (χ3v) is 6.36. The zero-order valence-corrected chi connectivity index (χ0v) is 19.5. The minimum atomic E-state index is -0.168. The number of hydrogen-bond acceptors (Lipinski definition) is 4. The molecule has 0 spiro atoms. The third-order valence-electron chi connectivity index (χ3n) is 6.36. The van der Waals surface area contributed by atoms with E-state index < -0.39 is 0 Å². The molecule has 8 nitrogen and oxygen atoms in total. The Morgan fingerprint density at radius 3 is 2.52 bits per heavy atom. The van der Waals surface area contributed by atoms with E-state index in [4.69, 9.17) is 0 Å². The van der Waals surface area contributed by atoms with Gasteiger partial charge in [0, 0.05) is 51.3 Å². The molecule has 1 N–H and O–H groups in total. The molecule has 1 aromatic carbocycles. The fraction of sp³-hybridized carbons (Fsp3) is 0.520. The minimum absolute atomic E-state index is 0.0559. The molecule has 2 aliphatic heterocycles. The van der Waals surface area contributed by atoms with Crippen LogP contribution in [0.5, 0.6) is 0 Å². The number of fused-ring (bicyclic) bond motifs is 1. The lowest BCUT2D eigenvalue weighted by atomic mass is 9.95. The fourth-order valence-corrected chi connectivity index (χ4v) is 4.45. The first-order chi connectivity index (χ1) is 15.9. The summed E-state index contributed by atoms with van der Waals surface area (Å²) in [6.45, 7) is 7.67. The quantitative estimate of drug-likeness (QED) is 0.731. The van der Waals surface area contributed by atoms with Gasteiger partial charge in [-0.25, -0.2) is 0 Å². The van der Waals surface area contributed by atoms with Crippen LogP contribution in [0.2, 0.25) is 0 Å². The van der Waals surface area contributed by atoms with E-state index in [0.717, 1.165) is 12.0 Å². The Balaban J connectivity index is 1.39. The summed E-state index contributed by atoms with van der Waals surface area (Å²) < 4.78 is 1.67. The molecule has 3 heterocycles. The number of likely N-dealkylation sites (tertiary alicyclic amines) is 1. The van der Waals surface area contributed by atoms with E-state index in [-0.39, 0.29) is 23.6 Å². The van der Waals surface area contributed by atoms with Crippen LogP contribution in [-0.4, -0.2) is 63.5 Å². The number of rotatable bonds is 6. The lowest BCUT2D eigenvalue weighted by Gasteiger charge is -2.31. The highest BCUT2D eigenvalue weighted by Gasteiger charge is 2.31. The lowest BCUT2D eigenvalue weighted by molar-refractivity contribution is -0.126. The molecule has 2 aliphatic rings. The van der Waals surface area contributed by atoms with E-state index in [9.17, 15) is 14.4 Å². The molecule has 1 aromatic heterocycles. The van der Waals surface area contributed by atoms with Crippen LogP contribution in [0, 0.1) is 11.8 Å². The van der Waals surface area contributed by atoms with Gasteiger partial charge in [0.05, 0.1) is 0 Å². The molecule has 0 atom stereocenters. The van der Waals surface area contributed by atoms with Crippen molar-refractivity contribution in [3.63, 3.8) is 0 Å². The number of nitrogens with zero attached hydrogens (tertiary/aromatic N) is 4. The Kier molecular flexibility index (Phi) is 7.11. The first-order valence-electron chi connectivity index (χ1n) is 11.9. The largest absolute Gasteiger partial charge is 0.356 e. The summed E-state index contributed by atoms with van der Waals surface area (Å²) in [5.41, 5.74) is 1.85. The first-order valence-corrected chi connectivity index (χ1v) is 11.9. The Hall–Kier alpha value is -3.16. The molecular formula is C25H33N5O3. The van der Waals surface area contributed by atoms with Crippen molar-refractivity contribution in [3.05, 3.63) is 53.3 Å². The molecule has 0 radical (unpaired) electrons. The topological polar surface area (TPSA) is 87.5 Å². The SMILES string of the molecule is CC(C)CNC(=O)C1CCN(C(=O)c2cc3n(n2)CCCN(Cc2ccccc2)C3=O)CC1. The normalized spacial score (nSPS) is 17.1. The van der Waals surface area contributed by atoms with Gasteiger partial charge in [0.2, 0.25) is 5.91 Å². The van der Waals surface area contributed by atoms with Crippen LogP contribution in [0.1, 0.15) is 59.7 Å². The van der Waals surface area contributed by atoms with Crippen LogP contribution in [0.4, 0.5) is 0 Å². The van der Waals surface area contributed by atoms with Crippen LogP contribution in [0.25, 0.3) is 0 Å². The van der Waals surface area contributed by atoms with Crippen molar-refractivity contribution in [2.45, 2.75) is 46.2 Å². The summed E-state index contributed by atoms with van der Waals surface area (Å²) in [5.74, 6) is 0.175. The van der Waals surface area contributed by atoms with Crippen LogP contribution in [-0.2, 0) is 17.9 Å². The van der Waals surface area contributed by atoms with Gasteiger partial charge in [0.1, 0.15) is 5.69 Å². The van der Waals surface area contributed by atoms with Gasteiger partial charge >= 0.3 is 0 Å². The molecule has 2 aromatic rings. The molecule has 176 valence electrons. The van der Waals surface area contributed by atoms with Crippen molar-refractivity contribution in [1.82, 2.24) is 24.9 Å². The maximum atomic E-state index is 13.2. The fourth-order valence-electron chi connectivity index (χ4n) is 4.45. The van der Waals surface area contributed by atoms with E-state index in [1.165, 1.54) is 0 Å². The number of benzene rings is 1. The Morgan fingerprint density at radius 2 is 1.82 bits per heavy atom. The van der Waals surface area contributed by atoms with Gasteiger partial charge in [-0.2, -0.15) is 5.10 Å². The summed E-state index contributed by atoms with van der Waals surface area (Å²) in [5, 5.41) is 7.47. The Bertz CT molecular complexity index is 993. The van der Waals surface area contributed by atoms with Crippen LogP contribution >= 0.6 is 0 Å². The molecule has 0 unspecified atom stereocenters. The van der Waals surface area contributed by atoms with Crippen molar-refractivity contribution in [1.29, 1.82) is 0 Å². The molecule has 0 saturated carbocycles.